The zero-order valence-electron chi connectivity index (χ0n) is 11.3. The number of anilines is 1. The predicted molar refractivity (Wildman–Crippen MR) is 72.1 cm³/mol. The summed E-state index contributed by atoms with van der Waals surface area (Å²) in [5.74, 6) is 0.468. The van der Waals surface area contributed by atoms with E-state index >= 15 is 0 Å². The minimum atomic E-state index is -0.336. The van der Waals surface area contributed by atoms with Crippen molar-refractivity contribution in [2.45, 2.75) is 26.9 Å². The van der Waals surface area contributed by atoms with Crippen LogP contribution >= 0.6 is 0 Å². The number of rotatable bonds is 3. The quantitative estimate of drug-likeness (QED) is 0.823. The van der Waals surface area contributed by atoms with E-state index < -0.39 is 0 Å². The predicted octanol–water partition coefficient (Wildman–Crippen LogP) is -0.298. The summed E-state index contributed by atoms with van der Waals surface area (Å²) in [5.41, 5.74) is 6.65. The number of hydrogen-bond acceptors (Lipinski definition) is 4. The molecule has 0 atom stereocenters. The Labute approximate surface area is 109 Å². The zero-order chi connectivity index (χ0) is 14.2. The lowest BCUT2D eigenvalue weighted by Crippen LogP contribution is -2.39. The lowest BCUT2D eigenvalue weighted by molar-refractivity contribution is 0.599. The molecule has 0 unspecified atom stereocenters. The molecule has 0 aliphatic carbocycles. The molecule has 102 valence electrons. The van der Waals surface area contributed by atoms with Gasteiger partial charge in [0.1, 0.15) is 5.82 Å². The first-order valence-corrected chi connectivity index (χ1v) is 6.04. The maximum Gasteiger partial charge on any atom is 0.331 e. The summed E-state index contributed by atoms with van der Waals surface area (Å²) in [6.07, 6.45) is 1.50. The number of nitrogens with zero attached hydrogens (tertiary/aromatic N) is 4. The van der Waals surface area contributed by atoms with Crippen LogP contribution in [0.1, 0.15) is 18.2 Å². The van der Waals surface area contributed by atoms with Gasteiger partial charge < -0.3 is 10.3 Å². The Hall–Kier alpha value is -2.31. The van der Waals surface area contributed by atoms with Gasteiger partial charge in [-0.05, 0) is 13.8 Å². The Kier molecular flexibility index (Phi) is 3.28. The van der Waals surface area contributed by atoms with Crippen molar-refractivity contribution < 1.29 is 0 Å². The van der Waals surface area contributed by atoms with Crippen LogP contribution in [0.25, 0.3) is 0 Å². The third kappa shape index (κ3) is 2.18. The lowest BCUT2D eigenvalue weighted by Gasteiger charge is -2.08. The third-order valence-corrected chi connectivity index (χ3v) is 3.19. The minimum Gasteiger partial charge on any atom is -0.384 e. The summed E-state index contributed by atoms with van der Waals surface area (Å²) in [7, 11) is 1.73. The number of hydrogen-bond donors (Lipinski definition) is 1. The molecule has 0 amide bonds. The third-order valence-electron chi connectivity index (χ3n) is 3.19. The Morgan fingerprint density at radius 1 is 1.37 bits per heavy atom. The fraction of sp³-hybridized carbons (Fsp3) is 0.417. The fourth-order valence-electron chi connectivity index (χ4n) is 2.02. The molecule has 0 fully saturated rings. The molecule has 2 rings (SSSR count). The van der Waals surface area contributed by atoms with E-state index in [1.165, 1.54) is 26.1 Å². The molecule has 7 nitrogen and oxygen atoms in total. The van der Waals surface area contributed by atoms with Gasteiger partial charge in [-0.15, -0.1) is 0 Å². The number of nitrogens with two attached hydrogens (primary N) is 1. The van der Waals surface area contributed by atoms with Crippen LogP contribution in [-0.2, 0) is 20.1 Å². The molecule has 2 heterocycles. The molecule has 0 saturated heterocycles. The van der Waals surface area contributed by atoms with Crippen LogP contribution in [-0.4, -0.2) is 18.9 Å². The maximum atomic E-state index is 12.1. The smallest absolute Gasteiger partial charge is 0.331 e. The highest BCUT2D eigenvalue weighted by Gasteiger charge is 2.13. The van der Waals surface area contributed by atoms with Gasteiger partial charge in [0.05, 0.1) is 12.2 Å². The van der Waals surface area contributed by atoms with Crippen molar-refractivity contribution in [2.75, 3.05) is 5.73 Å². The summed E-state index contributed by atoms with van der Waals surface area (Å²) in [4.78, 5) is 23.9. The average Bonchev–Trinajstić information content (AvgIpc) is 2.60. The summed E-state index contributed by atoms with van der Waals surface area (Å²) in [6.45, 7) is 4.31. The molecule has 2 aromatic rings. The minimum absolute atomic E-state index is 0.143. The summed E-state index contributed by atoms with van der Waals surface area (Å²) < 4.78 is 4.18. The van der Waals surface area contributed by atoms with Crippen molar-refractivity contribution in [2.24, 2.45) is 7.05 Å². The van der Waals surface area contributed by atoms with E-state index in [9.17, 15) is 9.59 Å². The normalized spacial score (nSPS) is 10.9. The largest absolute Gasteiger partial charge is 0.384 e. The maximum absolute atomic E-state index is 12.1. The first-order valence-electron chi connectivity index (χ1n) is 6.04. The monoisotopic (exact) mass is 263 g/mol. The van der Waals surface area contributed by atoms with Gasteiger partial charge in [-0.1, -0.05) is 0 Å². The number of aryl methyl sites for hydroxylation is 3. The highest BCUT2D eigenvalue weighted by atomic mass is 16.2. The van der Waals surface area contributed by atoms with Gasteiger partial charge in [0.2, 0.25) is 0 Å². The van der Waals surface area contributed by atoms with Gasteiger partial charge in [0.25, 0.3) is 5.56 Å². The topological polar surface area (TPSA) is 87.8 Å². The summed E-state index contributed by atoms with van der Waals surface area (Å²) in [6, 6.07) is 1.38. The zero-order valence-corrected chi connectivity index (χ0v) is 11.3. The van der Waals surface area contributed by atoms with E-state index in [1.807, 2.05) is 6.92 Å². The van der Waals surface area contributed by atoms with Crippen molar-refractivity contribution in [3.05, 3.63) is 44.4 Å². The van der Waals surface area contributed by atoms with Crippen molar-refractivity contribution in [3.8, 4) is 0 Å². The van der Waals surface area contributed by atoms with Crippen molar-refractivity contribution in [1.29, 1.82) is 0 Å². The SMILES string of the molecule is CCn1ccc(=O)n(Cc2c(C)nn(C)c2N)c1=O. The van der Waals surface area contributed by atoms with Gasteiger partial charge in [-0.2, -0.15) is 5.10 Å². The highest BCUT2D eigenvalue weighted by molar-refractivity contribution is 5.42. The Balaban J connectivity index is 2.55. The lowest BCUT2D eigenvalue weighted by atomic mass is 10.2. The molecular formula is C12H17N5O2. The van der Waals surface area contributed by atoms with Crippen LogP contribution in [0.15, 0.2) is 21.9 Å². The van der Waals surface area contributed by atoms with Crippen LogP contribution in [0.3, 0.4) is 0 Å². The molecule has 0 aliphatic heterocycles. The van der Waals surface area contributed by atoms with Crippen molar-refractivity contribution >= 4 is 5.82 Å². The number of aromatic nitrogens is 4. The molecule has 2 aromatic heterocycles. The molecule has 0 saturated carbocycles. The van der Waals surface area contributed by atoms with Gasteiger partial charge in [-0.3, -0.25) is 14.0 Å². The van der Waals surface area contributed by atoms with Gasteiger partial charge in [0.15, 0.2) is 0 Å². The fourth-order valence-corrected chi connectivity index (χ4v) is 2.02. The molecule has 0 radical (unpaired) electrons. The summed E-state index contributed by atoms with van der Waals surface area (Å²) in [5, 5.41) is 4.18. The van der Waals surface area contributed by atoms with Crippen LogP contribution in [0.5, 0.6) is 0 Å². The second kappa shape index (κ2) is 4.75. The van der Waals surface area contributed by atoms with Crippen LogP contribution in [0, 0.1) is 6.92 Å². The molecule has 2 N–H and O–H groups in total. The Bertz CT molecular complexity index is 723. The molecule has 0 bridgehead atoms. The van der Waals surface area contributed by atoms with Crippen LogP contribution in [0.4, 0.5) is 5.82 Å². The standard InChI is InChI=1S/C12H17N5O2/c1-4-16-6-5-10(18)17(12(16)19)7-9-8(2)14-15(3)11(9)13/h5-6H,4,7,13H2,1-3H3. The number of nitrogen functional groups attached to an aromatic ring is 1. The first-order chi connectivity index (χ1) is 8.95. The van der Waals surface area contributed by atoms with Crippen LogP contribution in [0.2, 0.25) is 0 Å². The van der Waals surface area contributed by atoms with Crippen molar-refractivity contribution in [1.82, 2.24) is 18.9 Å². The highest BCUT2D eigenvalue weighted by Crippen LogP contribution is 2.15. The molecular weight excluding hydrogens is 246 g/mol. The van der Waals surface area contributed by atoms with E-state index in [-0.39, 0.29) is 17.8 Å². The van der Waals surface area contributed by atoms with E-state index in [0.29, 0.717) is 17.9 Å². The Morgan fingerprint density at radius 2 is 2.05 bits per heavy atom. The first kappa shape index (κ1) is 13.1. The van der Waals surface area contributed by atoms with E-state index in [0.717, 1.165) is 5.69 Å². The van der Waals surface area contributed by atoms with Gasteiger partial charge in [0, 0.05) is 31.4 Å². The molecule has 0 aromatic carbocycles. The molecule has 19 heavy (non-hydrogen) atoms. The summed E-state index contributed by atoms with van der Waals surface area (Å²) >= 11 is 0. The van der Waals surface area contributed by atoms with E-state index in [1.54, 1.807) is 14.0 Å². The molecule has 0 aliphatic rings. The second-order valence-electron chi connectivity index (χ2n) is 4.38. The van der Waals surface area contributed by atoms with E-state index in [4.69, 9.17) is 5.73 Å². The molecule has 7 heteroatoms. The van der Waals surface area contributed by atoms with Crippen molar-refractivity contribution in [3.63, 3.8) is 0 Å². The molecule has 0 spiro atoms. The van der Waals surface area contributed by atoms with E-state index in [2.05, 4.69) is 5.10 Å². The van der Waals surface area contributed by atoms with Crippen LogP contribution < -0.4 is 17.0 Å². The average molecular weight is 263 g/mol. The Morgan fingerprint density at radius 3 is 2.58 bits per heavy atom. The second-order valence-corrected chi connectivity index (χ2v) is 4.38. The van der Waals surface area contributed by atoms with Gasteiger partial charge >= 0.3 is 5.69 Å². The van der Waals surface area contributed by atoms with Gasteiger partial charge in [-0.25, -0.2) is 4.79 Å².